The summed E-state index contributed by atoms with van der Waals surface area (Å²) in [6.45, 7) is 11.8. The number of rotatable bonds is 5. The van der Waals surface area contributed by atoms with E-state index in [0.717, 1.165) is 0 Å². The van der Waals surface area contributed by atoms with Crippen LogP contribution in [-0.4, -0.2) is 55.5 Å². The zero-order chi connectivity index (χ0) is 31.9. The highest BCUT2D eigenvalue weighted by Crippen LogP contribution is 2.34. The highest BCUT2D eigenvalue weighted by atomic mass is 19.4. The van der Waals surface area contributed by atoms with Crippen LogP contribution in [0, 0.1) is 16.7 Å². The largest absolute Gasteiger partial charge is 0.444 e. The first-order chi connectivity index (χ1) is 19.9. The molecule has 0 radical (unpaired) electrons. The molecule has 1 aromatic carbocycles. The number of nitrogens with one attached hydrogen (secondary N) is 1. The van der Waals surface area contributed by atoms with Gasteiger partial charge in [-0.1, -0.05) is 26.8 Å². The zero-order valence-corrected chi connectivity index (χ0v) is 25.7. The van der Waals surface area contributed by atoms with E-state index in [1.165, 1.54) is 9.47 Å². The van der Waals surface area contributed by atoms with Gasteiger partial charge in [-0.2, -0.15) is 18.4 Å². The van der Waals surface area contributed by atoms with E-state index in [4.69, 9.17) is 9.72 Å². The number of amides is 1. The van der Waals surface area contributed by atoms with Crippen molar-refractivity contribution in [1.29, 1.82) is 5.26 Å². The van der Waals surface area contributed by atoms with Crippen LogP contribution >= 0.6 is 0 Å². The molecule has 1 N–H and O–H groups in total. The van der Waals surface area contributed by atoms with Gasteiger partial charge in [-0.25, -0.2) is 14.6 Å². The molecule has 1 fully saturated rings. The van der Waals surface area contributed by atoms with Crippen LogP contribution in [0.25, 0.3) is 22.4 Å². The summed E-state index contributed by atoms with van der Waals surface area (Å²) in [6.07, 6.45) is -5.23. The first kappa shape index (κ1) is 32.1. The van der Waals surface area contributed by atoms with E-state index in [1.807, 2.05) is 20.8 Å². The number of alkyl halides is 3. The van der Waals surface area contributed by atoms with Crippen molar-refractivity contribution in [3.05, 3.63) is 51.9 Å². The lowest BCUT2D eigenvalue weighted by atomic mass is 9.95. The minimum Gasteiger partial charge on any atom is -0.444 e. The van der Waals surface area contributed by atoms with E-state index in [0.29, 0.717) is 46.5 Å². The Morgan fingerprint density at radius 1 is 1.14 bits per heavy atom. The van der Waals surface area contributed by atoms with Gasteiger partial charge in [0.05, 0.1) is 22.8 Å². The van der Waals surface area contributed by atoms with E-state index in [2.05, 4.69) is 11.4 Å². The van der Waals surface area contributed by atoms with Crippen LogP contribution < -0.4 is 11.0 Å². The smallest absolute Gasteiger partial charge is 0.407 e. The van der Waals surface area contributed by atoms with E-state index in [1.54, 1.807) is 62.7 Å². The quantitative estimate of drug-likeness (QED) is 0.401. The predicted molar refractivity (Wildman–Crippen MR) is 157 cm³/mol. The molecule has 3 heterocycles. The third kappa shape index (κ3) is 7.57. The number of nitrogens with zero attached hydrogens (tertiary/aromatic N) is 5. The number of pyridine rings is 1. The summed E-state index contributed by atoms with van der Waals surface area (Å²) in [4.78, 5) is 31.2. The highest BCUT2D eigenvalue weighted by molar-refractivity contribution is 5.78. The average Bonchev–Trinajstić information content (AvgIpc) is 3.11. The molecule has 9 nitrogen and oxygen atoms in total. The maximum Gasteiger partial charge on any atom is 0.407 e. The molecule has 2 atom stereocenters. The number of carbonyl (C=O) groups is 1. The van der Waals surface area contributed by atoms with Crippen LogP contribution in [0.4, 0.5) is 18.0 Å². The number of hydrogen-bond donors (Lipinski definition) is 1. The van der Waals surface area contributed by atoms with Crippen molar-refractivity contribution in [3.8, 4) is 17.3 Å². The minimum absolute atomic E-state index is 0.00919. The van der Waals surface area contributed by atoms with Crippen molar-refractivity contribution >= 4 is 17.3 Å². The molecule has 2 aromatic heterocycles. The number of nitriles is 1. The Balaban J connectivity index is 1.61. The zero-order valence-electron chi connectivity index (χ0n) is 25.7. The van der Waals surface area contributed by atoms with E-state index in [9.17, 15) is 28.0 Å². The van der Waals surface area contributed by atoms with Crippen molar-refractivity contribution in [2.45, 2.75) is 91.3 Å². The van der Waals surface area contributed by atoms with Crippen molar-refractivity contribution in [2.75, 3.05) is 6.54 Å². The highest BCUT2D eigenvalue weighted by Gasteiger charge is 2.47. The molecular weight excluding hydrogens is 561 g/mol. The molecule has 3 aromatic rings. The summed E-state index contributed by atoms with van der Waals surface area (Å²) in [5, 5.41) is 12.4. The first-order valence-electron chi connectivity index (χ1n) is 14.3. The van der Waals surface area contributed by atoms with Crippen LogP contribution in [0.5, 0.6) is 0 Å². The number of alkyl carbamates (subject to hydrolysis) is 1. The van der Waals surface area contributed by atoms with Gasteiger partial charge in [0.2, 0.25) is 0 Å². The second-order valence-corrected chi connectivity index (χ2v) is 13.4. The Hall–Kier alpha value is -3.85. The number of carbonyl (C=O) groups excluding carboxylic acids is 1. The predicted octanol–water partition coefficient (Wildman–Crippen LogP) is 5.74. The molecule has 1 saturated heterocycles. The van der Waals surface area contributed by atoms with Gasteiger partial charge in [-0.05, 0) is 68.9 Å². The van der Waals surface area contributed by atoms with Crippen molar-refractivity contribution in [3.63, 3.8) is 0 Å². The Labute approximate surface area is 249 Å². The summed E-state index contributed by atoms with van der Waals surface area (Å²) in [6, 6.07) is 8.14. The van der Waals surface area contributed by atoms with E-state index < -0.39 is 30.0 Å². The Morgan fingerprint density at radius 3 is 2.44 bits per heavy atom. The Bertz CT molecular complexity index is 1600. The van der Waals surface area contributed by atoms with Gasteiger partial charge in [0.15, 0.2) is 5.65 Å². The van der Waals surface area contributed by atoms with Gasteiger partial charge < -0.3 is 10.1 Å². The number of aryl methyl sites for hydroxylation is 1. The molecule has 43 heavy (non-hydrogen) atoms. The number of piperidine rings is 1. The third-order valence-electron chi connectivity index (χ3n) is 7.29. The maximum absolute atomic E-state index is 14.2. The lowest BCUT2D eigenvalue weighted by molar-refractivity contribution is -0.195. The standard InChI is InChI=1S/C31H39F3N6O3/c1-29(2,3)18-40-24-11-10-23(37-26(24)38(7)28(40)42)22-14-19(8-9-20(22)16-35)17-39-13-12-21(15-25(39)31(32,33)34)36-27(41)43-30(4,5)6/h8-11,14,21,25H,12-13,15,17-18H2,1-7H3,(H,36,41)/t21-,25+/m0/s1. The number of hydrogen-bond acceptors (Lipinski definition) is 6. The molecule has 0 bridgehead atoms. The Morgan fingerprint density at radius 2 is 1.84 bits per heavy atom. The molecule has 0 unspecified atom stereocenters. The van der Waals surface area contributed by atoms with Gasteiger partial charge in [0.1, 0.15) is 11.6 Å². The molecule has 0 spiro atoms. The molecule has 232 valence electrons. The number of halogens is 3. The summed E-state index contributed by atoms with van der Waals surface area (Å²) >= 11 is 0. The lowest BCUT2D eigenvalue weighted by Gasteiger charge is -2.40. The van der Waals surface area contributed by atoms with Crippen LogP contribution in [0.3, 0.4) is 0 Å². The second kappa shape index (κ2) is 11.7. The third-order valence-corrected chi connectivity index (χ3v) is 7.29. The molecular formula is C31H39F3N6O3. The normalized spacial score (nSPS) is 18.4. The summed E-state index contributed by atoms with van der Waals surface area (Å²) in [7, 11) is 1.64. The van der Waals surface area contributed by atoms with Gasteiger partial charge in [-0.15, -0.1) is 0 Å². The van der Waals surface area contributed by atoms with Gasteiger partial charge in [0, 0.05) is 38.3 Å². The number of likely N-dealkylation sites (tertiary alicyclic amines) is 1. The SMILES string of the molecule is Cn1c(=O)n(CC(C)(C)C)c2ccc(-c3cc(CN4CC[C@H](NC(=O)OC(C)(C)C)C[C@@H]4C(F)(F)F)ccc3C#N)nc21. The fourth-order valence-corrected chi connectivity index (χ4v) is 5.43. The van der Waals surface area contributed by atoms with Crippen LogP contribution in [-0.2, 0) is 24.9 Å². The summed E-state index contributed by atoms with van der Waals surface area (Å²) < 4.78 is 50.9. The number of aromatic nitrogens is 3. The number of benzene rings is 1. The van der Waals surface area contributed by atoms with E-state index >= 15 is 0 Å². The average molecular weight is 601 g/mol. The molecule has 12 heteroatoms. The van der Waals surface area contributed by atoms with Crippen molar-refractivity contribution < 1.29 is 22.7 Å². The monoisotopic (exact) mass is 600 g/mol. The first-order valence-corrected chi connectivity index (χ1v) is 14.3. The van der Waals surface area contributed by atoms with Crippen molar-refractivity contribution in [2.24, 2.45) is 12.5 Å². The van der Waals surface area contributed by atoms with Crippen LogP contribution in [0.1, 0.15) is 65.5 Å². The molecule has 1 aliphatic rings. The fraction of sp³-hybridized carbons (Fsp3) is 0.548. The molecule has 1 aliphatic heterocycles. The topological polar surface area (TPSA) is 105 Å². The summed E-state index contributed by atoms with van der Waals surface area (Å²) in [5.74, 6) is 0. The lowest BCUT2D eigenvalue weighted by Crippen LogP contribution is -2.55. The van der Waals surface area contributed by atoms with Gasteiger partial charge >= 0.3 is 18.0 Å². The maximum atomic E-state index is 14.2. The van der Waals surface area contributed by atoms with Crippen molar-refractivity contribution in [1.82, 2.24) is 24.3 Å². The van der Waals surface area contributed by atoms with E-state index in [-0.39, 0.29) is 30.6 Å². The summed E-state index contributed by atoms with van der Waals surface area (Å²) in [5.41, 5.74) is 1.84. The van der Waals surface area contributed by atoms with Gasteiger partial charge in [0.25, 0.3) is 0 Å². The Kier molecular flexibility index (Phi) is 8.71. The molecule has 0 saturated carbocycles. The second-order valence-electron chi connectivity index (χ2n) is 13.4. The number of ether oxygens (including phenoxy) is 1. The fourth-order valence-electron chi connectivity index (χ4n) is 5.43. The minimum atomic E-state index is -4.51. The number of fused-ring (bicyclic) bond motifs is 1. The molecule has 4 rings (SSSR count). The number of imidazole rings is 1. The van der Waals surface area contributed by atoms with Gasteiger partial charge in [-0.3, -0.25) is 14.0 Å². The van der Waals surface area contributed by atoms with Crippen LogP contribution in [0.2, 0.25) is 0 Å². The molecule has 1 amide bonds. The van der Waals surface area contributed by atoms with Crippen LogP contribution in [0.15, 0.2) is 35.1 Å². The molecule has 0 aliphatic carbocycles.